The number of hydrogen-bond acceptors (Lipinski definition) is 3. The van der Waals surface area contributed by atoms with Crippen LogP contribution in [0, 0.1) is 11.3 Å². The van der Waals surface area contributed by atoms with Gasteiger partial charge in [-0.15, -0.1) is 0 Å². The van der Waals surface area contributed by atoms with Crippen molar-refractivity contribution in [3.63, 3.8) is 0 Å². The number of rotatable bonds is 5. The van der Waals surface area contributed by atoms with Crippen LogP contribution >= 0.6 is 0 Å². The average molecular weight is 455 g/mol. The molecule has 0 bridgehead atoms. The minimum Gasteiger partial charge on any atom is -0.472 e. The van der Waals surface area contributed by atoms with Gasteiger partial charge in [-0.1, -0.05) is 72.8 Å². The molecule has 0 unspecified atom stereocenters. The van der Waals surface area contributed by atoms with Gasteiger partial charge in [-0.3, -0.25) is 0 Å². The first kappa shape index (κ1) is 22.3. The third-order valence-electron chi connectivity index (χ3n) is 6.35. The van der Waals surface area contributed by atoms with Gasteiger partial charge in [0.15, 0.2) is 5.60 Å². The molecule has 0 fully saturated rings. The summed E-state index contributed by atoms with van der Waals surface area (Å²) in [5.74, 6) is 0.822. The molecule has 170 valence electrons. The van der Waals surface area contributed by atoms with Crippen LogP contribution < -0.4 is 4.90 Å². The third-order valence-corrected chi connectivity index (χ3v) is 6.35. The Hall–Kier alpha value is -4.55. The van der Waals surface area contributed by atoms with Crippen molar-refractivity contribution in [2.75, 3.05) is 19.0 Å². The molecule has 4 aromatic rings. The summed E-state index contributed by atoms with van der Waals surface area (Å²) in [5.41, 5.74) is 6.17. The first-order valence-electron chi connectivity index (χ1n) is 11.6. The summed E-state index contributed by atoms with van der Waals surface area (Å²) in [6.07, 6.45) is 4.30. The standard InChI is InChI=1S/C32H26N2O/c1-34(2)30-19-17-26(18-20-30)31-22-29(21-24-13-15-25(23-33)16-14-24)32(35-31,27-9-5-3-6-10-27)28-11-7-4-8-12-28/h3-22H,1-2H3/b29-21+. The normalized spacial score (nSPS) is 15.2. The molecule has 0 atom stereocenters. The molecule has 0 aliphatic carbocycles. The van der Waals surface area contributed by atoms with Crippen LogP contribution in [0.15, 0.2) is 121 Å². The second-order valence-electron chi connectivity index (χ2n) is 8.80. The van der Waals surface area contributed by atoms with Crippen LogP contribution in [-0.4, -0.2) is 14.1 Å². The lowest BCUT2D eigenvalue weighted by molar-refractivity contribution is 0.135. The van der Waals surface area contributed by atoms with E-state index in [9.17, 15) is 5.26 Å². The van der Waals surface area contributed by atoms with Gasteiger partial charge in [-0.25, -0.2) is 0 Å². The Labute approximate surface area is 206 Å². The van der Waals surface area contributed by atoms with Crippen molar-refractivity contribution in [3.8, 4) is 6.07 Å². The van der Waals surface area contributed by atoms with Crippen LogP contribution in [0.1, 0.15) is 27.8 Å². The summed E-state index contributed by atoms with van der Waals surface area (Å²) in [5, 5.41) is 9.21. The second kappa shape index (κ2) is 9.37. The average Bonchev–Trinajstić information content (AvgIpc) is 3.30. The second-order valence-corrected chi connectivity index (χ2v) is 8.80. The number of nitriles is 1. The van der Waals surface area contributed by atoms with Gasteiger partial charge < -0.3 is 9.64 Å². The van der Waals surface area contributed by atoms with Crippen LogP contribution in [0.4, 0.5) is 5.69 Å². The largest absolute Gasteiger partial charge is 0.472 e. The molecule has 0 saturated carbocycles. The van der Waals surface area contributed by atoms with Crippen LogP contribution in [-0.2, 0) is 10.3 Å². The molecule has 0 saturated heterocycles. The van der Waals surface area contributed by atoms with Crippen molar-refractivity contribution in [1.82, 2.24) is 0 Å². The predicted molar refractivity (Wildman–Crippen MR) is 143 cm³/mol. The molecule has 0 radical (unpaired) electrons. The summed E-state index contributed by atoms with van der Waals surface area (Å²) in [6, 6.07) is 39.0. The minimum atomic E-state index is -0.800. The lowest BCUT2D eigenvalue weighted by Crippen LogP contribution is -2.29. The molecular weight excluding hydrogens is 428 g/mol. The fourth-order valence-electron chi connectivity index (χ4n) is 4.50. The van der Waals surface area contributed by atoms with Crippen LogP contribution in [0.3, 0.4) is 0 Å². The quantitative estimate of drug-likeness (QED) is 0.325. The summed E-state index contributed by atoms with van der Waals surface area (Å²) in [6.45, 7) is 0. The predicted octanol–water partition coefficient (Wildman–Crippen LogP) is 7.02. The van der Waals surface area contributed by atoms with Crippen molar-refractivity contribution in [1.29, 1.82) is 5.26 Å². The molecule has 1 heterocycles. The topological polar surface area (TPSA) is 36.3 Å². The maximum absolute atomic E-state index is 9.21. The molecule has 35 heavy (non-hydrogen) atoms. The van der Waals surface area contributed by atoms with E-state index in [0.29, 0.717) is 5.56 Å². The highest BCUT2D eigenvalue weighted by molar-refractivity contribution is 5.77. The van der Waals surface area contributed by atoms with Crippen molar-refractivity contribution in [2.45, 2.75) is 5.60 Å². The van der Waals surface area contributed by atoms with Crippen LogP contribution in [0.5, 0.6) is 0 Å². The Kier molecular flexibility index (Phi) is 5.95. The first-order chi connectivity index (χ1) is 17.1. The monoisotopic (exact) mass is 454 g/mol. The van der Waals surface area contributed by atoms with E-state index in [0.717, 1.165) is 39.3 Å². The fraction of sp³-hybridized carbons (Fsp3) is 0.0938. The minimum absolute atomic E-state index is 0.643. The van der Waals surface area contributed by atoms with Gasteiger partial charge in [0.25, 0.3) is 0 Å². The maximum Gasteiger partial charge on any atom is 0.184 e. The van der Waals surface area contributed by atoms with Crippen molar-refractivity contribution >= 4 is 17.5 Å². The van der Waals surface area contributed by atoms with E-state index in [-0.39, 0.29) is 0 Å². The maximum atomic E-state index is 9.21. The Balaban J connectivity index is 1.71. The van der Waals surface area contributed by atoms with E-state index in [1.165, 1.54) is 0 Å². The number of nitrogens with zero attached hydrogens (tertiary/aromatic N) is 2. The number of benzene rings is 4. The molecule has 0 spiro atoms. The van der Waals surface area contributed by atoms with E-state index >= 15 is 0 Å². The number of ether oxygens (including phenoxy) is 1. The van der Waals surface area contributed by atoms with Gasteiger partial charge in [-0.05, 0) is 54.1 Å². The molecular formula is C32H26N2O. The van der Waals surface area contributed by atoms with Crippen LogP contribution in [0.2, 0.25) is 0 Å². The Morgan fingerprint density at radius 2 is 1.31 bits per heavy atom. The van der Waals surface area contributed by atoms with Gasteiger partial charge in [0.05, 0.1) is 11.6 Å². The fourth-order valence-corrected chi connectivity index (χ4v) is 4.50. The van der Waals surface area contributed by atoms with E-state index in [2.05, 4.69) is 71.7 Å². The van der Waals surface area contributed by atoms with Gasteiger partial charge in [0.1, 0.15) is 5.76 Å². The molecule has 3 heteroatoms. The molecule has 4 aromatic carbocycles. The zero-order valence-corrected chi connectivity index (χ0v) is 19.8. The zero-order valence-electron chi connectivity index (χ0n) is 19.8. The smallest absolute Gasteiger partial charge is 0.184 e. The van der Waals surface area contributed by atoms with E-state index in [1.54, 1.807) is 0 Å². The first-order valence-corrected chi connectivity index (χ1v) is 11.6. The SMILES string of the molecule is CN(C)c1ccc(C2=C/C(=C\c3ccc(C#N)cc3)C(c3ccccc3)(c3ccccc3)O2)cc1. The van der Waals surface area contributed by atoms with Gasteiger partial charge in [0, 0.05) is 42.0 Å². The third kappa shape index (κ3) is 4.23. The highest BCUT2D eigenvalue weighted by Gasteiger charge is 2.44. The molecule has 5 rings (SSSR count). The summed E-state index contributed by atoms with van der Waals surface area (Å²) in [7, 11) is 4.07. The van der Waals surface area contributed by atoms with E-state index in [4.69, 9.17) is 4.74 Å². The molecule has 1 aliphatic heterocycles. The summed E-state index contributed by atoms with van der Waals surface area (Å²) < 4.78 is 6.96. The Bertz CT molecular complexity index is 1370. The highest BCUT2D eigenvalue weighted by Crippen LogP contribution is 2.50. The summed E-state index contributed by atoms with van der Waals surface area (Å²) >= 11 is 0. The van der Waals surface area contributed by atoms with Gasteiger partial charge >= 0.3 is 0 Å². The van der Waals surface area contributed by atoms with Crippen LogP contribution in [0.25, 0.3) is 11.8 Å². The van der Waals surface area contributed by atoms with Crippen molar-refractivity contribution in [3.05, 3.63) is 149 Å². The Morgan fingerprint density at radius 3 is 1.83 bits per heavy atom. The lowest BCUT2D eigenvalue weighted by Gasteiger charge is -2.33. The molecule has 0 amide bonds. The number of hydrogen-bond donors (Lipinski definition) is 0. The van der Waals surface area contributed by atoms with E-state index in [1.807, 2.05) is 74.8 Å². The molecule has 0 aromatic heterocycles. The van der Waals surface area contributed by atoms with Crippen molar-refractivity contribution in [2.24, 2.45) is 0 Å². The molecule has 0 N–H and O–H groups in total. The molecule has 1 aliphatic rings. The zero-order chi connectivity index (χ0) is 24.3. The summed E-state index contributed by atoms with van der Waals surface area (Å²) in [4.78, 5) is 2.09. The van der Waals surface area contributed by atoms with Crippen molar-refractivity contribution < 1.29 is 4.74 Å². The van der Waals surface area contributed by atoms with E-state index < -0.39 is 5.60 Å². The Morgan fingerprint density at radius 1 is 0.743 bits per heavy atom. The highest BCUT2D eigenvalue weighted by atomic mass is 16.5. The number of anilines is 1. The lowest BCUT2D eigenvalue weighted by atomic mass is 9.80. The van der Waals surface area contributed by atoms with Gasteiger partial charge in [0.2, 0.25) is 0 Å². The van der Waals surface area contributed by atoms with Gasteiger partial charge in [-0.2, -0.15) is 5.26 Å². The molecule has 3 nitrogen and oxygen atoms in total.